The van der Waals surface area contributed by atoms with Crippen molar-refractivity contribution in [2.24, 2.45) is 0 Å². The maximum absolute atomic E-state index is 12.4. The number of rotatable bonds is 9. The van der Waals surface area contributed by atoms with Gasteiger partial charge in [-0.3, -0.25) is 9.69 Å². The smallest absolute Gasteiger partial charge is 0.224 e. The van der Waals surface area contributed by atoms with Crippen LogP contribution in [0.1, 0.15) is 29.5 Å². The van der Waals surface area contributed by atoms with E-state index in [2.05, 4.69) is 22.3 Å². The van der Waals surface area contributed by atoms with Crippen molar-refractivity contribution in [3.63, 3.8) is 0 Å². The molecule has 1 saturated heterocycles. The fourth-order valence-electron chi connectivity index (χ4n) is 3.78. The van der Waals surface area contributed by atoms with Crippen LogP contribution in [0.3, 0.4) is 0 Å². The molecule has 0 spiro atoms. The molecule has 31 heavy (non-hydrogen) atoms. The fourth-order valence-corrected chi connectivity index (χ4v) is 3.78. The SMILES string of the molecule is COc1cc(CC(=O)NCc2ccc(CN3CCC(O)CC3)cc2)cc(OC)c1OC. The Balaban J connectivity index is 1.51. The van der Waals surface area contributed by atoms with Crippen molar-refractivity contribution < 1.29 is 24.1 Å². The van der Waals surface area contributed by atoms with E-state index in [4.69, 9.17) is 14.2 Å². The molecule has 2 aromatic carbocycles. The Morgan fingerprint density at radius 2 is 1.55 bits per heavy atom. The predicted octanol–water partition coefficient (Wildman–Crippen LogP) is 2.53. The van der Waals surface area contributed by atoms with E-state index in [9.17, 15) is 9.90 Å². The van der Waals surface area contributed by atoms with Crippen molar-refractivity contribution in [3.8, 4) is 17.2 Å². The molecule has 1 aliphatic rings. The summed E-state index contributed by atoms with van der Waals surface area (Å²) in [4.78, 5) is 14.8. The third kappa shape index (κ3) is 6.35. The third-order valence-electron chi connectivity index (χ3n) is 5.57. The monoisotopic (exact) mass is 428 g/mol. The summed E-state index contributed by atoms with van der Waals surface area (Å²) >= 11 is 0. The molecule has 1 aliphatic heterocycles. The molecule has 7 heteroatoms. The Morgan fingerprint density at radius 1 is 0.968 bits per heavy atom. The number of carbonyl (C=O) groups is 1. The van der Waals surface area contributed by atoms with Crippen molar-refractivity contribution in [2.75, 3.05) is 34.4 Å². The summed E-state index contributed by atoms with van der Waals surface area (Å²) in [5.41, 5.74) is 3.08. The molecule has 0 bridgehead atoms. The molecule has 0 radical (unpaired) electrons. The molecule has 7 nitrogen and oxygen atoms in total. The summed E-state index contributed by atoms with van der Waals surface area (Å²) in [7, 11) is 4.66. The number of carbonyl (C=O) groups excluding carboxylic acids is 1. The highest BCUT2D eigenvalue weighted by molar-refractivity contribution is 5.79. The van der Waals surface area contributed by atoms with Crippen molar-refractivity contribution >= 4 is 5.91 Å². The predicted molar refractivity (Wildman–Crippen MR) is 119 cm³/mol. The summed E-state index contributed by atoms with van der Waals surface area (Å²) in [6, 6.07) is 11.9. The van der Waals surface area contributed by atoms with Crippen LogP contribution in [0.4, 0.5) is 0 Å². The summed E-state index contributed by atoms with van der Waals surface area (Å²) in [6.07, 6.45) is 1.75. The molecule has 1 amide bonds. The first-order chi connectivity index (χ1) is 15.0. The number of hydrogen-bond donors (Lipinski definition) is 2. The number of likely N-dealkylation sites (tertiary alicyclic amines) is 1. The van der Waals surface area contributed by atoms with Gasteiger partial charge in [-0.05, 0) is 41.7 Å². The van der Waals surface area contributed by atoms with Crippen LogP contribution in [0.5, 0.6) is 17.2 Å². The molecule has 0 aliphatic carbocycles. The second-order valence-electron chi connectivity index (χ2n) is 7.81. The Kier molecular flexibility index (Phi) is 8.14. The minimum absolute atomic E-state index is 0.0785. The van der Waals surface area contributed by atoms with Gasteiger partial charge in [-0.2, -0.15) is 0 Å². The zero-order chi connectivity index (χ0) is 22.2. The Morgan fingerprint density at radius 3 is 2.10 bits per heavy atom. The van der Waals surface area contributed by atoms with Gasteiger partial charge in [0.25, 0.3) is 0 Å². The van der Waals surface area contributed by atoms with Crippen molar-refractivity contribution in [2.45, 2.75) is 38.5 Å². The normalized spacial score (nSPS) is 14.8. The molecule has 0 aromatic heterocycles. The van der Waals surface area contributed by atoms with Gasteiger partial charge in [-0.1, -0.05) is 24.3 Å². The van der Waals surface area contributed by atoms with Gasteiger partial charge in [0.2, 0.25) is 11.7 Å². The Hall–Kier alpha value is -2.77. The number of nitrogens with one attached hydrogen (secondary N) is 1. The first-order valence-corrected chi connectivity index (χ1v) is 10.6. The number of nitrogens with zero attached hydrogens (tertiary/aromatic N) is 1. The summed E-state index contributed by atoms with van der Waals surface area (Å²) in [5, 5.41) is 12.6. The van der Waals surface area contributed by atoms with Crippen LogP contribution >= 0.6 is 0 Å². The van der Waals surface area contributed by atoms with E-state index >= 15 is 0 Å². The molecule has 0 atom stereocenters. The average molecular weight is 429 g/mol. The maximum Gasteiger partial charge on any atom is 0.224 e. The number of ether oxygens (including phenoxy) is 3. The molecule has 2 N–H and O–H groups in total. The number of hydrogen-bond acceptors (Lipinski definition) is 6. The summed E-state index contributed by atoms with van der Waals surface area (Å²) < 4.78 is 16.0. The van der Waals surface area contributed by atoms with E-state index in [1.54, 1.807) is 33.5 Å². The lowest BCUT2D eigenvalue weighted by Crippen LogP contribution is -2.35. The number of benzene rings is 2. The molecular weight excluding hydrogens is 396 g/mol. The second-order valence-corrected chi connectivity index (χ2v) is 7.81. The molecule has 168 valence electrons. The van der Waals surface area contributed by atoms with Crippen LogP contribution in [0, 0.1) is 0 Å². The van der Waals surface area contributed by atoms with Crippen LogP contribution < -0.4 is 19.5 Å². The minimum atomic E-state index is -0.151. The topological polar surface area (TPSA) is 80.3 Å². The summed E-state index contributed by atoms with van der Waals surface area (Å²) in [6.45, 7) is 3.22. The van der Waals surface area contributed by atoms with Crippen LogP contribution in [0.15, 0.2) is 36.4 Å². The van der Waals surface area contributed by atoms with Gasteiger partial charge in [-0.25, -0.2) is 0 Å². The third-order valence-corrected chi connectivity index (χ3v) is 5.57. The van der Waals surface area contributed by atoms with Crippen LogP contribution in [-0.2, 0) is 24.3 Å². The number of amides is 1. The Labute approximate surface area is 183 Å². The first kappa shape index (κ1) is 22.9. The van der Waals surface area contributed by atoms with Gasteiger partial charge in [0.05, 0.1) is 33.9 Å². The van der Waals surface area contributed by atoms with E-state index < -0.39 is 0 Å². The molecule has 0 unspecified atom stereocenters. The van der Waals surface area contributed by atoms with E-state index in [0.29, 0.717) is 23.8 Å². The zero-order valence-electron chi connectivity index (χ0n) is 18.5. The van der Waals surface area contributed by atoms with E-state index in [-0.39, 0.29) is 18.4 Å². The molecule has 1 fully saturated rings. The zero-order valence-corrected chi connectivity index (χ0v) is 18.5. The molecular formula is C24H32N2O5. The lowest BCUT2D eigenvalue weighted by atomic mass is 10.1. The van der Waals surface area contributed by atoms with E-state index in [0.717, 1.165) is 43.6 Å². The highest BCUT2D eigenvalue weighted by atomic mass is 16.5. The quantitative estimate of drug-likeness (QED) is 0.639. The molecule has 3 rings (SSSR count). The molecule has 2 aromatic rings. The highest BCUT2D eigenvalue weighted by Gasteiger charge is 2.17. The number of methoxy groups -OCH3 is 3. The van der Waals surface area contributed by atoms with Crippen LogP contribution in [0.2, 0.25) is 0 Å². The van der Waals surface area contributed by atoms with Crippen molar-refractivity contribution in [1.29, 1.82) is 0 Å². The molecule has 0 saturated carbocycles. The van der Waals surface area contributed by atoms with Gasteiger partial charge in [0.15, 0.2) is 11.5 Å². The maximum atomic E-state index is 12.4. The van der Waals surface area contributed by atoms with Gasteiger partial charge in [0, 0.05) is 26.2 Å². The van der Waals surface area contributed by atoms with Gasteiger partial charge in [0.1, 0.15) is 0 Å². The lowest BCUT2D eigenvalue weighted by molar-refractivity contribution is -0.120. The number of piperidine rings is 1. The second kappa shape index (κ2) is 11.0. The van der Waals surface area contributed by atoms with Gasteiger partial charge < -0.3 is 24.6 Å². The van der Waals surface area contributed by atoms with Crippen LogP contribution in [-0.4, -0.2) is 56.4 Å². The van der Waals surface area contributed by atoms with E-state index in [1.807, 2.05) is 12.1 Å². The standard InChI is InChI=1S/C24H32N2O5/c1-29-21-12-19(13-22(30-2)24(21)31-3)14-23(28)25-15-17-4-6-18(7-5-17)16-26-10-8-20(27)9-11-26/h4-7,12-13,20,27H,8-11,14-16H2,1-3H3,(H,25,28). The van der Waals surface area contributed by atoms with Gasteiger partial charge in [-0.15, -0.1) is 0 Å². The number of aliphatic hydroxyl groups excluding tert-OH is 1. The fraction of sp³-hybridized carbons (Fsp3) is 0.458. The first-order valence-electron chi connectivity index (χ1n) is 10.6. The average Bonchev–Trinajstić information content (AvgIpc) is 2.79. The number of aliphatic hydroxyl groups is 1. The van der Waals surface area contributed by atoms with E-state index in [1.165, 1.54) is 5.56 Å². The summed E-state index contributed by atoms with van der Waals surface area (Å²) in [5.74, 6) is 1.49. The Bertz CT molecular complexity index is 836. The highest BCUT2D eigenvalue weighted by Crippen LogP contribution is 2.38. The van der Waals surface area contributed by atoms with Crippen molar-refractivity contribution in [3.05, 3.63) is 53.1 Å². The van der Waals surface area contributed by atoms with Gasteiger partial charge >= 0.3 is 0 Å². The minimum Gasteiger partial charge on any atom is -0.493 e. The van der Waals surface area contributed by atoms with Crippen molar-refractivity contribution in [1.82, 2.24) is 10.2 Å². The largest absolute Gasteiger partial charge is 0.493 e. The van der Waals surface area contributed by atoms with Crippen LogP contribution in [0.25, 0.3) is 0 Å². The lowest BCUT2D eigenvalue weighted by Gasteiger charge is -2.29. The molecule has 1 heterocycles.